The smallest absolute Gasteiger partial charge is 0.310 e. The van der Waals surface area contributed by atoms with Crippen molar-refractivity contribution in [1.29, 1.82) is 0 Å². The first-order chi connectivity index (χ1) is 14.4. The average Bonchev–Trinajstić information content (AvgIpc) is 2.66. The summed E-state index contributed by atoms with van der Waals surface area (Å²) in [6.07, 6.45) is 9.78. The monoisotopic (exact) mass is 470 g/mol. The Hall–Kier alpha value is -1.30. The third kappa shape index (κ3) is 14.4. The Morgan fingerprint density at radius 1 is 0.742 bits per heavy atom. The maximum atomic E-state index is 12.7. The van der Waals surface area contributed by atoms with Crippen molar-refractivity contribution < 1.29 is 28.9 Å². The number of hydrogen-bond acceptors (Lipinski definition) is 2. The lowest BCUT2D eigenvalue weighted by molar-refractivity contribution is 0.0186. The van der Waals surface area contributed by atoms with Gasteiger partial charge in [0.15, 0.2) is 0 Å². The van der Waals surface area contributed by atoms with Crippen molar-refractivity contribution >= 4 is 10.2 Å². The molecular weight excluding hydrogens is 435 g/mol. The Labute approximate surface area is 183 Å². The highest BCUT2D eigenvalue weighted by Gasteiger charge is 2.65. The summed E-state index contributed by atoms with van der Waals surface area (Å²) in [6.45, 7) is 6.09. The summed E-state index contributed by atoms with van der Waals surface area (Å²) in [5, 5.41) is 0. The van der Waals surface area contributed by atoms with Crippen LogP contribution in [-0.4, -0.2) is 25.9 Å². The molecule has 1 aromatic rings. The zero-order valence-corrected chi connectivity index (χ0v) is 19.3. The lowest BCUT2D eigenvalue weighted by atomic mass is 10.1. The fourth-order valence-electron chi connectivity index (χ4n) is 2.88. The normalized spacial score (nSPS) is 14.1. The van der Waals surface area contributed by atoms with E-state index in [1.807, 2.05) is 13.8 Å². The SMILES string of the molecule is CC(C)OCCOCCCCCCCCCCC#Cc1ccc(S(F)(F)(F)(F)F)cc1. The van der Waals surface area contributed by atoms with Crippen molar-refractivity contribution in [3.8, 4) is 11.8 Å². The molecule has 8 heteroatoms. The van der Waals surface area contributed by atoms with E-state index in [0.29, 0.717) is 37.3 Å². The molecule has 0 unspecified atom stereocenters. The second-order valence-corrected chi connectivity index (χ2v) is 10.3. The van der Waals surface area contributed by atoms with Gasteiger partial charge in [-0.25, -0.2) is 0 Å². The molecule has 31 heavy (non-hydrogen) atoms. The minimum absolute atomic E-state index is 0.244. The number of ether oxygens (including phenoxy) is 2. The highest BCUT2D eigenvalue weighted by Crippen LogP contribution is 3.02. The second-order valence-electron chi connectivity index (χ2n) is 7.91. The minimum atomic E-state index is -9.60. The summed E-state index contributed by atoms with van der Waals surface area (Å²) < 4.78 is 74.2. The van der Waals surface area contributed by atoms with Crippen LogP contribution in [0.1, 0.15) is 77.2 Å². The lowest BCUT2D eigenvalue weighted by Crippen LogP contribution is -2.10. The Morgan fingerprint density at radius 3 is 1.84 bits per heavy atom. The van der Waals surface area contributed by atoms with E-state index in [4.69, 9.17) is 9.47 Å². The van der Waals surface area contributed by atoms with Crippen LogP contribution in [0.25, 0.3) is 0 Å². The van der Waals surface area contributed by atoms with E-state index in [-0.39, 0.29) is 6.10 Å². The fraction of sp³-hybridized carbons (Fsp3) is 0.652. The van der Waals surface area contributed by atoms with Crippen LogP contribution in [0.2, 0.25) is 0 Å². The molecular formula is C23H35F5O2S. The predicted octanol–water partition coefficient (Wildman–Crippen LogP) is 8.65. The highest BCUT2D eigenvalue weighted by atomic mass is 32.5. The fourth-order valence-corrected chi connectivity index (χ4v) is 3.53. The third-order valence-electron chi connectivity index (χ3n) is 4.55. The van der Waals surface area contributed by atoms with Gasteiger partial charge in [0.1, 0.15) is 4.90 Å². The zero-order valence-electron chi connectivity index (χ0n) is 18.5. The first-order valence-corrected chi connectivity index (χ1v) is 12.9. The molecule has 0 fully saturated rings. The van der Waals surface area contributed by atoms with Gasteiger partial charge in [-0.05, 0) is 51.0 Å². The second kappa shape index (κ2) is 12.1. The Kier molecular flexibility index (Phi) is 10.8. The molecule has 0 saturated heterocycles. The van der Waals surface area contributed by atoms with Crippen LogP contribution in [0.3, 0.4) is 0 Å². The Balaban J connectivity index is 2.02. The van der Waals surface area contributed by atoms with E-state index in [2.05, 4.69) is 11.8 Å². The molecule has 0 atom stereocenters. The van der Waals surface area contributed by atoms with Crippen LogP contribution >= 0.6 is 10.2 Å². The molecule has 0 heterocycles. The van der Waals surface area contributed by atoms with E-state index in [1.54, 1.807) is 0 Å². The van der Waals surface area contributed by atoms with Crippen molar-refractivity contribution in [2.45, 2.75) is 82.6 Å². The Bertz CT molecular complexity index is 691. The summed E-state index contributed by atoms with van der Waals surface area (Å²) in [7, 11) is -9.60. The van der Waals surface area contributed by atoms with Crippen molar-refractivity contribution in [3.05, 3.63) is 29.8 Å². The van der Waals surface area contributed by atoms with E-state index >= 15 is 0 Å². The third-order valence-corrected chi connectivity index (χ3v) is 5.71. The van der Waals surface area contributed by atoms with Crippen molar-refractivity contribution in [3.63, 3.8) is 0 Å². The number of hydrogen-bond donors (Lipinski definition) is 0. The summed E-state index contributed by atoms with van der Waals surface area (Å²) in [4.78, 5) is -1.88. The van der Waals surface area contributed by atoms with Crippen LogP contribution in [0.15, 0.2) is 29.2 Å². The number of rotatable bonds is 15. The molecule has 0 bridgehead atoms. The van der Waals surface area contributed by atoms with Crippen LogP contribution in [0.5, 0.6) is 0 Å². The molecule has 0 aliphatic heterocycles. The van der Waals surface area contributed by atoms with Crippen molar-refractivity contribution in [2.24, 2.45) is 0 Å². The maximum Gasteiger partial charge on any atom is 0.310 e. The van der Waals surface area contributed by atoms with Gasteiger partial charge in [-0.15, -0.1) is 0 Å². The summed E-state index contributed by atoms with van der Waals surface area (Å²) in [5.41, 5.74) is 0.307. The van der Waals surface area contributed by atoms with Gasteiger partial charge in [-0.1, -0.05) is 69.8 Å². The van der Waals surface area contributed by atoms with E-state index in [9.17, 15) is 19.4 Å². The van der Waals surface area contributed by atoms with E-state index in [0.717, 1.165) is 50.8 Å². The minimum Gasteiger partial charge on any atom is -0.379 e. The van der Waals surface area contributed by atoms with Gasteiger partial charge in [0.05, 0.1) is 19.3 Å². The molecule has 0 aliphatic carbocycles. The van der Waals surface area contributed by atoms with Crippen molar-refractivity contribution in [1.82, 2.24) is 0 Å². The first-order valence-electron chi connectivity index (χ1n) is 10.9. The standard InChI is InChI=1S/C23H35F5O2S/c1-21(2)30-20-19-29-18-12-10-8-6-4-3-5-7-9-11-13-22-14-16-23(17-15-22)31(24,25,26,27)28/h14-17,21H,3-10,12,18-20H2,1-2H3. The summed E-state index contributed by atoms with van der Waals surface area (Å²) in [5.74, 6) is 5.62. The summed E-state index contributed by atoms with van der Waals surface area (Å²) in [6, 6.07) is 2.79. The largest absolute Gasteiger partial charge is 0.379 e. The van der Waals surface area contributed by atoms with Crippen LogP contribution < -0.4 is 0 Å². The van der Waals surface area contributed by atoms with Crippen LogP contribution in [0.4, 0.5) is 19.4 Å². The molecule has 0 spiro atoms. The van der Waals surface area contributed by atoms with Gasteiger partial charge in [-0.2, -0.15) is 0 Å². The Morgan fingerprint density at radius 2 is 1.29 bits per heavy atom. The molecule has 1 aromatic carbocycles. The van der Waals surface area contributed by atoms with Gasteiger partial charge in [-0.3, -0.25) is 0 Å². The molecule has 0 radical (unpaired) electrons. The van der Waals surface area contributed by atoms with E-state index < -0.39 is 15.1 Å². The molecule has 180 valence electrons. The zero-order chi connectivity index (χ0) is 23.3. The quantitative estimate of drug-likeness (QED) is 0.145. The van der Waals surface area contributed by atoms with Gasteiger partial charge < -0.3 is 9.47 Å². The lowest BCUT2D eigenvalue weighted by Gasteiger charge is -2.40. The molecule has 0 N–H and O–H groups in total. The van der Waals surface area contributed by atoms with Gasteiger partial charge >= 0.3 is 10.2 Å². The first kappa shape index (κ1) is 27.7. The topological polar surface area (TPSA) is 18.5 Å². The molecule has 0 aromatic heterocycles. The summed E-state index contributed by atoms with van der Waals surface area (Å²) >= 11 is 0. The molecule has 0 amide bonds. The maximum absolute atomic E-state index is 12.7. The highest BCUT2D eigenvalue weighted by molar-refractivity contribution is 8.45. The van der Waals surface area contributed by atoms with Crippen LogP contribution in [0, 0.1) is 11.8 Å². The molecule has 0 saturated carbocycles. The van der Waals surface area contributed by atoms with Gasteiger partial charge in [0.25, 0.3) is 0 Å². The molecule has 2 nitrogen and oxygen atoms in total. The predicted molar refractivity (Wildman–Crippen MR) is 118 cm³/mol. The van der Waals surface area contributed by atoms with Gasteiger partial charge in [0, 0.05) is 18.6 Å². The average molecular weight is 471 g/mol. The van der Waals surface area contributed by atoms with Gasteiger partial charge in [0.2, 0.25) is 0 Å². The van der Waals surface area contributed by atoms with Crippen molar-refractivity contribution in [2.75, 3.05) is 19.8 Å². The number of unbranched alkanes of at least 4 members (excludes halogenated alkanes) is 8. The molecule has 1 rings (SSSR count). The molecule has 0 aliphatic rings. The van der Waals surface area contributed by atoms with E-state index in [1.165, 1.54) is 19.3 Å². The van der Waals surface area contributed by atoms with Crippen LogP contribution in [-0.2, 0) is 9.47 Å². The number of halogens is 5. The number of benzene rings is 1.